The number of allylic oxidation sites excluding steroid dienone is 2. The molecule has 2 rings (SSSR count). The normalized spacial score (nSPS) is 11.6. The Balaban J connectivity index is 2.67. The average Bonchev–Trinajstić information content (AvgIpc) is 2.46. The molecule has 2 heteroatoms. The molecule has 0 aliphatic heterocycles. The van der Waals surface area contributed by atoms with Crippen LogP contribution >= 0.6 is 0 Å². The molecule has 0 aromatic heterocycles. The highest BCUT2D eigenvalue weighted by Crippen LogP contribution is 2.27. The highest BCUT2D eigenvalue weighted by Gasteiger charge is 2.15. The van der Waals surface area contributed by atoms with Crippen molar-refractivity contribution in [3.05, 3.63) is 84.4 Å². The van der Waals surface area contributed by atoms with E-state index in [0.29, 0.717) is 11.1 Å². The summed E-state index contributed by atoms with van der Waals surface area (Å²) in [5.74, 6) is -0.954. The topological polar surface area (TPSA) is 37.3 Å². The molecule has 0 heterocycles. The van der Waals surface area contributed by atoms with Crippen molar-refractivity contribution in [1.82, 2.24) is 0 Å². The van der Waals surface area contributed by atoms with Gasteiger partial charge in [0.1, 0.15) is 0 Å². The van der Waals surface area contributed by atoms with Crippen LogP contribution in [0.2, 0.25) is 0 Å². The largest absolute Gasteiger partial charge is 0.478 e. The van der Waals surface area contributed by atoms with Gasteiger partial charge in [-0.25, -0.2) is 4.79 Å². The highest BCUT2D eigenvalue weighted by atomic mass is 16.4. The molecular formula is C17H14O2. The highest BCUT2D eigenvalue weighted by molar-refractivity contribution is 6.25. The Kier molecular flexibility index (Phi) is 3.94. The van der Waals surface area contributed by atoms with Crippen LogP contribution in [0.5, 0.6) is 0 Å². The van der Waals surface area contributed by atoms with E-state index in [2.05, 4.69) is 6.58 Å². The molecule has 0 saturated carbocycles. The summed E-state index contributed by atoms with van der Waals surface area (Å²) >= 11 is 0. The number of rotatable bonds is 4. The fourth-order valence-corrected chi connectivity index (χ4v) is 1.98. The van der Waals surface area contributed by atoms with Crippen LogP contribution in [0.15, 0.2) is 73.3 Å². The Bertz CT molecular complexity index is 610. The number of carboxylic acids is 1. The van der Waals surface area contributed by atoms with Crippen LogP contribution < -0.4 is 0 Å². The van der Waals surface area contributed by atoms with Gasteiger partial charge in [-0.1, -0.05) is 73.3 Å². The maximum atomic E-state index is 11.6. The molecule has 0 atom stereocenters. The summed E-state index contributed by atoms with van der Waals surface area (Å²) in [6, 6.07) is 18.5. The summed E-state index contributed by atoms with van der Waals surface area (Å²) in [4.78, 5) is 11.6. The van der Waals surface area contributed by atoms with Crippen LogP contribution in [-0.2, 0) is 4.79 Å². The molecule has 0 radical (unpaired) electrons. The van der Waals surface area contributed by atoms with Gasteiger partial charge in [-0.3, -0.25) is 0 Å². The molecule has 0 unspecified atom stereocenters. The van der Waals surface area contributed by atoms with Gasteiger partial charge in [0.25, 0.3) is 0 Å². The lowest BCUT2D eigenvalue weighted by atomic mass is 9.95. The van der Waals surface area contributed by atoms with Crippen molar-refractivity contribution in [1.29, 1.82) is 0 Å². The molecule has 0 saturated heterocycles. The van der Waals surface area contributed by atoms with E-state index in [1.807, 2.05) is 48.5 Å². The predicted octanol–water partition coefficient (Wildman–Crippen LogP) is 3.87. The third-order valence-corrected chi connectivity index (χ3v) is 2.83. The number of benzene rings is 2. The monoisotopic (exact) mass is 250 g/mol. The van der Waals surface area contributed by atoms with Gasteiger partial charge in [0.15, 0.2) is 0 Å². The van der Waals surface area contributed by atoms with E-state index < -0.39 is 5.97 Å². The van der Waals surface area contributed by atoms with Crippen molar-refractivity contribution < 1.29 is 9.90 Å². The van der Waals surface area contributed by atoms with Crippen molar-refractivity contribution in [2.24, 2.45) is 0 Å². The Hall–Kier alpha value is -2.61. The van der Waals surface area contributed by atoms with Gasteiger partial charge < -0.3 is 5.11 Å². The van der Waals surface area contributed by atoms with Crippen LogP contribution in [-0.4, -0.2) is 11.1 Å². The van der Waals surface area contributed by atoms with Gasteiger partial charge in [-0.05, 0) is 16.7 Å². The second-order valence-corrected chi connectivity index (χ2v) is 4.03. The first-order valence-electron chi connectivity index (χ1n) is 5.95. The molecule has 94 valence electrons. The summed E-state index contributed by atoms with van der Waals surface area (Å²) in [7, 11) is 0. The maximum Gasteiger partial charge on any atom is 0.336 e. The first-order valence-corrected chi connectivity index (χ1v) is 5.95. The van der Waals surface area contributed by atoms with E-state index in [1.165, 1.54) is 0 Å². The van der Waals surface area contributed by atoms with E-state index in [1.54, 1.807) is 18.2 Å². The van der Waals surface area contributed by atoms with E-state index in [0.717, 1.165) is 5.56 Å². The molecule has 0 aliphatic carbocycles. The molecule has 1 N–H and O–H groups in total. The summed E-state index contributed by atoms with van der Waals surface area (Å²) in [5, 5.41) is 9.48. The zero-order valence-corrected chi connectivity index (χ0v) is 10.4. The van der Waals surface area contributed by atoms with Crippen molar-refractivity contribution in [3.63, 3.8) is 0 Å². The standard InChI is InChI=1S/C17H14O2/c1-2-15(13-9-5-3-6-10-13)16(17(18)19)14-11-7-4-8-12-14/h2-12H,1H2,(H,18,19)/b16-15+. The smallest absolute Gasteiger partial charge is 0.336 e. The first-order chi connectivity index (χ1) is 9.24. The van der Waals surface area contributed by atoms with E-state index >= 15 is 0 Å². The van der Waals surface area contributed by atoms with Crippen molar-refractivity contribution in [3.8, 4) is 0 Å². The fraction of sp³-hybridized carbons (Fsp3) is 0. The quantitative estimate of drug-likeness (QED) is 0.508. The predicted molar refractivity (Wildman–Crippen MR) is 77.5 cm³/mol. The van der Waals surface area contributed by atoms with E-state index in [4.69, 9.17) is 0 Å². The Morgan fingerprint density at radius 3 is 1.79 bits per heavy atom. The number of hydrogen-bond acceptors (Lipinski definition) is 1. The molecule has 0 spiro atoms. The van der Waals surface area contributed by atoms with Crippen LogP contribution in [0, 0.1) is 0 Å². The third kappa shape index (κ3) is 2.80. The number of carbonyl (C=O) groups is 1. The zero-order valence-electron chi connectivity index (χ0n) is 10.4. The van der Waals surface area contributed by atoms with E-state index in [9.17, 15) is 9.90 Å². The second kappa shape index (κ2) is 5.83. The lowest BCUT2D eigenvalue weighted by Gasteiger charge is -2.09. The molecule has 0 bridgehead atoms. The van der Waals surface area contributed by atoms with Crippen LogP contribution in [0.1, 0.15) is 11.1 Å². The van der Waals surface area contributed by atoms with Gasteiger partial charge in [0, 0.05) is 0 Å². The van der Waals surface area contributed by atoms with Gasteiger partial charge in [-0.2, -0.15) is 0 Å². The lowest BCUT2D eigenvalue weighted by molar-refractivity contribution is -0.130. The van der Waals surface area contributed by atoms with Crippen molar-refractivity contribution >= 4 is 17.1 Å². The number of carboxylic acid groups (broad SMARTS) is 1. The second-order valence-electron chi connectivity index (χ2n) is 4.03. The maximum absolute atomic E-state index is 11.6. The van der Waals surface area contributed by atoms with Crippen LogP contribution in [0.25, 0.3) is 11.1 Å². The minimum absolute atomic E-state index is 0.266. The molecule has 0 aliphatic rings. The third-order valence-electron chi connectivity index (χ3n) is 2.83. The van der Waals surface area contributed by atoms with Gasteiger partial charge in [0.05, 0.1) is 5.57 Å². The molecule has 0 amide bonds. The summed E-state index contributed by atoms with van der Waals surface area (Å²) in [6.45, 7) is 3.74. The van der Waals surface area contributed by atoms with Crippen molar-refractivity contribution in [2.75, 3.05) is 0 Å². The first kappa shape index (κ1) is 12.8. The van der Waals surface area contributed by atoms with Crippen LogP contribution in [0.4, 0.5) is 0 Å². The molecule has 2 nitrogen and oxygen atoms in total. The SMILES string of the molecule is C=C/C(=C(\C(=O)O)c1ccccc1)c1ccccc1. The Labute approximate surface area is 112 Å². The molecule has 0 fully saturated rings. The van der Waals surface area contributed by atoms with E-state index in [-0.39, 0.29) is 5.57 Å². The van der Waals surface area contributed by atoms with Crippen LogP contribution in [0.3, 0.4) is 0 Å². The number of aliphatic carboxylic acids is 1. The Morgan fingerprint density at radius 2 is 1.37 bits per heavy atom. The molecule has 19 heavy (non-hydrogen) atoms. The minimum Gasteiger partial charge on any atom is -0.478 e. The number of hydrogen-bond donors (Lipinski definition) is 1. The minimum atomic E-state index is -0.954. The average molecular weight is 250 g/mol. The Morgan fingerprint density at radius 1 is 0.895 bits per heavy atom. The zero-order chi connectivity index (χ0) is 13.7. The molecule has 2 aromatic carbocycles. The van der Waals surface area contributed by atoms with Crippen molar-refractivity contribution in [2.45, 2.75) is 0 Å². The summed E-state index contributed by atoms with van der Waals surface area (Å²) in [5.41, 5.74) is 2.41. The lowest BCUT2D eigenvalue weighted by Crippen LogP contribution is -2.02. The fourth-order valence-electron chi connectivity index (χ4n) is 1.98. The molecule has 2 aromatic rings. The van der Waals surface area contributed by atoms with Gasteiger partial charge >= 0.3 is 5.97 Å². The van der Waals surface area contributed by atoms with Gasteiger partial charge in [-0.15, -0.1) is 0 Å². The van der Waals surface area contributed by atoms with Gasteiger partial charge in [0.2, 0.25) is 0 Å². The molecular weight excluding hydrogens is 236 g/mol. The summed E-state index contributed by atoms with van der Waals surface area (Å²) in [6.07, 6.45) is 1.59. The summed E-state index contributed by atoms with van der Waals surface area (Å²) < 4.78 is 0.